The van der Waals surface area contributed by atoms with Crippen LogP contribution in [-0.4, -0.2) is 33.1 Å². The lowest BCUT2D eigenvalue weighted by Gasteiger charge is -2.32. The minimum atomic E-state index is -2.56. The van der Waals surface area contributed by atoms with Gasteiger partial charge in [0, 0.05) is 67.4 Å². The van der Waals surface area contributed by atoms with Gasteiger partial charge in [0.1, 0.15) is 0 Å². The second kappa shape index (κ2) is 6.70. The normalized spacial score (nSPS) is 16.4. The van der Waals surface area contributed by atoms with E-state index in [0.29, 0.717) is 5.56 Å². The molecule has 0 saturated carbocycles. The average molecular weight is 384 g/mol. The summed E-state index contributed by atoms with van der Waals surface area (Å²) in [6, 6.07) is 3.57. The fourth-order valence-electron chi connectivity index (χ4n) is 4.29. The first-order chi connectivity index (χ1) is 13.6. The molecule has 146 valence electrons. The monoisotopic (exact) mass is 384 g/mol. The molecule has 6 nitrogen and oxygen atoms in total. The summed E-state index contributed by atoms with van der Waals surface area (Å²) < 4.78 is 29.5. The largest absolute Gasteiger partial charge is 0.324 e. The molecule has 3 aromatic rings. The molecule has 4 heterocycles. The number of H-pyrrole nitrogens is 1. The van der Waals surface area contributed by atoms with Gasteiger partial charge >= 0.3 is 0 Å². The number of aryl methyl sites for hydroxylation is 2. The molecular formula is C20H22F2N6. The molecule has 2 aliphatic heterocycles. The predicted molar refractivity (Wildman–Crippen MR) is 103 cm³/mol. The number of alkyl halides is 2. The van der Waals surface area contributed by atoms with Crippen LogP contribution in [0.5, 0.6) is 0 Å². The maximum atomic E-state index is 14.0. The first-order valence-corrected chi connectivity index (χ1v) is 9.60. The van der Waals surface area contributed by atoms with E-state index in [4.69, 9.17) is 0 Å². The number of hydrogen-bond acceptors (Lipinski definition) is 4. The molecule has 0 radical (unpaired) electrons. The van der Waals surface area contributed by atoms with Crippen LogP contribution < -0.4 is 10.2 Å². The molecule has 0 saturated heterocycles. The van der Waals surface area contributed by atoms with Crippen molar-refractivity contribution in [2.75, 3.05) is 18.0 Å². The highest BCUT2D eigenvalue weighted by Crippen LogP contribution is 2.42. The molecule has 0 fully saturated rings. The zero-order chi connectivity index (χ0) is 19.3. The summed E-state index contributed by atoms with van der Waals surface area (Å²) in [5.41, 5.74) is 5.54. The molecule has 2 aliphatic rings. The van der Waals surface area contributed by atoms with Crippen LogP contribution in [0.1, 0.15) is 35.2 Å². The first-order valence-electron chi connectivity index (χ1n) is 9.60. The Morgan fingerprint density at radius 2 is 2.11 bits per heavy atom. The van der Waals surface area contributed by atoms with Gasteiger partial charge in [0.2, 0.25) is 0 Å². The van der Waals surface area contributed by atoms with Crippen LogP contribution in [0, 0.1) is 0 Å². The Morgan fingerprint density at radius 1 is 1.21 bits per heavy atom. The lowest BCUT2D eigenvalue weighted by molar-refractivity contribution is 0.152. The lowest BCUT2D eigenvalue weighted by atomic mass is 9.93. The standard InChI is InChI=1S/C20H22F2N6/c1-27-11-13(9-24-27)14-7-12-3-2-6-28(18(12)8-15(14)19(21)22)20-16-10-23-5-4-17(16)25-26-20/h7-9,11,19,23H,2-6,10H2,1H3,(H,25,26). The maximum absolute atomic E-state index is 14.0. The Kier molecular flexibility index (Phi) is 4.16. The van der Waals surface area contributed by atoms with E-state index in [0.717, 1.165) is 72.8 Å². The van der Waals surface area contributed by atoms with Crippen LogP contribution >= 0.6 is 0 Å². The van der Waals surface area contributed by atoms with Crippen LogP contribution in [0.25, 0.3) is 11.1 Å². The van der Waals surface area contributed by atoms with Gasteiger partial charge in [-0.15, -0.1) is 0 Å². The molecule has 5 rings (SSSR count). The van der Waals surface area contributed by atoms with E-state index < -0.39 is 6.43 Å². The smallest absolute Gasteiger partial charge is 0.264 e. The summed E-state index contributed by atoms with van der Waals surface area (Å²) in [6.07, 6.45) is 3.61. The van der Waals surface area contributed by atoms with Gasteiger partial charge in [0.15, 0.2) is 5.82 Å². The highest BCUT2D eigenvalue weighted by molar-refractivity contribution is 5.76. The average Bonchev–Trinajstić information content (AvgIpc) is 3.32. The Bertz CT molecular complexity index is 1020. The van der Waals surface area contributed by atoms with Crippen molar-refractivity contribution < 1.29 is 8.78 Å². The van der Waals surface area contributed by atoms with Gasteiger partial charge < -0.3 is 10.2 Å². The molecule has 1 aromatic carbocycles. The lowest BCUT2D eigenvalue weighted by Crippen LogP contribution is -2.29. The number of aromatic nitrogens is 4. The van der Waals surface area contributed by atoms with Gasteiger partial charge in [-0.05, 0) is 36.1 Å². The minimum absolute atomic E-state index is 0.0428. The summed E-state index contributed by atoms with van der Waals surface area (Å²) >= 11 is 0. The van der Waals surface area contributed by atoms with E-state index in [2.05, 4.69) is 25.5 Å². The van der Waals surface area contributed by atoms with Crippen LogP contribution in [-0.2, 0) is 26.4 Å². The van der Waals surface area contributed by atoms with E-state index >= 15 is 0 Å². The Hall–Kier alpha value is -2.74. The number of hydrogen-bond donors (Lipinski definition) is 2. The third-order valence-electron chi connectivity index (χ3n) is 5.66. The Labute approximate surface area is 161 Å². The van der Waals surface area contributed by atoms with E-state index in [9.17, 15) is 8.78 Å². The highest BCUT2D eigenvalue weighted by Gasteiger charge is 2.28. The van der Waals surface area contributed by atoms with E-state index in [1.807, 2.05) is 6.07 Å². The zero-order valence-electron chi connectivity index (χ0n) is 15.7. The molecular weight excluding hydrogens is 362 g/mol. The van der Waals surface area contributed by atoms with Crippen molar-refractivity contribution in [1.29, 1.82) is 0 Å². The zero-order valence-corrected chi connectivity index (χ0v) is 15.7. The van der Waals surface area contributed by atoms with Crippen LogP contribution in [0.4, 0.5) is 20.3 Å². The van der Waals surface area contributed by atoms with E-state index in [1.54, 1.807) is 30.2 Å². The predicted octanol–water partition coefficient (Wildman–Crippen LogP) is 3.48. The van der Waals surface area contributed by atoms with Crippen LogP contribution in [0.3, 0.4) is 0 Å². The molecule has 0 aliphatic carbocycles. The summed E-state index contributed by atoms with van der Waals surface area (Å²) in [5.74, 6) is 0.859. The summed E-state index contributed by atoms with van der Waals surface area (Å²) in [5, 5.41) is 15.2. The number of fused-ring (bicyclic) bond motifs is 2. The SMILES string of the molecule is Cn1cc(-c2cc3c(cc2C(F)F)N(c2n[nH]c4c2CNCC4)CCC3)cn1. The molecule has 0 atom stereocenters. The highest BCUT2D eigenvalue weighted by atomic mass is 19.3. The molecule has 0 bridgehead atoms. The quantitative estimate of drug-likeness (QED) is 0.726. The van der Waals surface area contributed by atoms with E-state index in [-0.39, 0.29) is 5.56 Å². The molecule has 0 spiro atoms. The number of halogens is 2. The molecule has 0 unspecified atom stereocenters. The number of rotatable bonds is 3. The van der Waals surface area contributed by atoms with Gasteiger partial charge in [-0.2, -0.15) is 10.2 Å². The number of nitrogens with zero attached hydrogens (tertiary/aromatic N) is 4. The van der Waals surface area contributed by atoms with Crippen molar-refractivity contribution in [3.05, 3.63) is 46.9 Å². The first kappa shape index (κ1) is 17.4. The number of nitrogens with one attached hydrogen (secondary N) is 2. The molecule has 0 amide bonds. The van der Waals surface area contributed by atoms with Gasteiger partial charge in [0.25, 0.3) is 6.43 Å². The number of anilines is 2. The van der Waals surface area contributed by atoms with E-state index in [1.165, 1.54) is 0 Å². The van der Waals surface area contributed by atoms with Crippen molar-refractivity contribution in [3.8, 4) is 11.1 Å². The van der Waals surface area contributed by atoms with Crippen molar-refractivity contribution in [3.63, 3.8) is 0 Å². The third kappa shape index (κ3) is 2.79. The fraction of sp³-hybridized carbons (Fsp3) is 0.400. The second-order valence-corrected chi connectivity index (χ2v) is 7.46. The van der Waals surface area contributed by atoms with Crippen LogP contribution in [0.15, 0.2) is 24.5 Å². The summed E-state index contributed by atoms with van der Waals surface area (Å²) in [6.45, 7) is 2.46. The molecule has 8 heteroatoms. The second-order valence-electron chi connectivity index (χ2n) is 7.46. The van der Waals surface area contributed by atoms with Gasteiger partial charge in [-0.25, -0.2) is 8.78 Å². The van der Waals surface area contributed by atoms with Crippen molar-refractivity contribution >= 4 is 11.5 Å². The fourth-order valence-corrected chi connectivity index (χ4v) is 4.29. The van der Waals surface area contributed by atoms with Crippen molar-refractivity contribution in [1.82, 2.24) is 25.3 Å². The van der Waals surface area contributed by atoms with Gasteiger partial charge in [-0.1, -0.05) is 0 Å². The van der Waals surface area contributed by atoms with Crippen LogP contribution in [0.2, 0.25) is 0 Å². The Balaban J connectivity index is 1.63. The summed E-state index contributed by atoms with van der Waals surface area (Å²) in [4.78, 5) is 2.10. The Morgan fingerprint density at radius 3 is 2.89 bits per heavy atom. The molecule has 2 aromatic heterocycles. The maximum Gasteiger partial charge on any atom is 0.264 e. The molecule has 28 heavy (non-hydrogen) atoms. The van der Waals surface area contributed by atoms with Gasteiger partial charge in [0.05, 0.1) is 6.20 Å². The summed E-state index contributed by atoms with van der Waals surface area (Å²) in [7, 11) is 1.79. The minimum Gasteiger partial charge on any atom is -0.324 e. The van der Waals surface area contributed by atoms with Crippen molar-refractivity contribution in [2.45, 2.75) is 32.2 Å². The van der Waals surface area contributed by atoms with Crippen molar-refractivity contribution in [2.24, 2.45) is 7.05 Å². The topological polar surface area (TPSA) is 61.8 Å². The number of aromatic amines is 1. The third-order valence-corrected chi connectivity index (χ3v) is 5.66. The molecule has 2 N–H and O–H groups in total. The van der Waals surface area contributed by atoms with Gasteiger partial charge in [-0.3, -0.25) is 9.78 Å². The number of benzene rings is 1.